The minimum Gasteiger partial charge on any atom is -0.353 e. The van der Waals surface area contributed by atoms with E-state index in [4.69, 9.17) is 0 Å². The van der Waals surface area contributed by atoms with Gasteiger partial charge in [0.1, 0.15) is 11.9 Å². The van der Waals surface area contributed by atoms with Gasteiger partial charge in [-0.3, -0.25) is 4.79 Å². The maximum absolute atomic E-state index is 13.0. The third-order valence-corrected chi connectivity index (χ3v) is 4.78. The Bertz CT molecular complexity index is 604. The van der Waals surface area contributed by atoms with Gasteiger partial charge in [-0.2, -0.15) is 12.7 Å². The van der Waals surface area contributed by atoms with Crippen LogP contribution in [-0.2, 0) is 15.0 Å². The van der Waals surface area contributed by atoms with E-state index in [1.54, 1.807) is 0 Å². The number of amides is 1. The van der Waals surface area contributed by atoms with Crippen molar-refractivity contribution in [3.8, 4) is 0 Å². The fraction of sp³-hybridized carbons (Fsp3) is 0.462. The normalized spacial score (nSPS) is 20.3. The van der Waals surface area contributed by atoms with Crippen molar-refractivity contribution in [1.82, 2.24) is 14.3 Å². The predicted octanol–water partition coefficient (Wildman–Crippen LogP) is 0.543. The van der Waals surface area contributed by atoms with Crippen LogP contribution in [0.2, 0.25) is 0 Å². The van der Waals surface area contributed by atoms with Crippen molar-refractivity contribution in [3.05, 3.63) is 35.6 Å². The van der Waals surface area contributed by atoms with Crippen molar-refractivity contribution in [2.45, 2.75) is 19.4 Å². The van der Waals surface area contributed by atoms with Gasteiger partial charge in [-0.15, -0.1) is 0 Å². The van der Waals surface area contributed by atoms with Crippen molar-refractivity contribution in [2.24, 2.45) is 0 Å². The lowest BCUT2D eigenvalue weighted by molar-refractivity contribution is -0.126. The van der Waals surface area contributed by atoms with Crippen LogP contribution in [0.5, 0.6) is 0 Å². The Morgan fingerprint density at radius 1 is 1.38 bits per heavy atom. The second-order valence-corrected chi connectivity index (χ2v) is 6.46. The summed E-state index contributed by atoms with van der Waals surface area (Å²) in [7, 11) is -3.76. The average molecular weight is 315 g/mol. The molecule has 1 atom stereocenters. The number of carbonyl (C=O) groups excluding carboxylic acids is 1. The topological polar surface area (TPSA) is 78.5 Å². The highest BCUT2D eigenvalue weighted by Gasteiger charge is 2.38. The monoisotopic (exact) mass is 315 g/mol. The Labute approximate surface area is 123 Å². The average Bonchev–Trinajstić information content (AvgIpc) is 2.46. The number of benzene rings is 1. The minimum absolute atomic E-state index is 0.173. The van der Waals surface area contributed by atoms with Crippen molar-refractivity contribution >= 4 is 16.1 Å². The van der Waals surface area contributed by atoms with E-state index in [0.717, 1.165) is 4.31 Å². The van der Waals surface area contributed by atoms with Crippen molar-refractivity contribution in [1.29, 1.82) is 0 Å². The molecule has 1 heterocycles. The van der Waals surface area contributed by atoms with Gasteiger partial charge in [0.05, 0.1) is 0 Å². The van der Waals surface area contributed by atoms with Crippen LogP contribution in [0.15, 0.2) is 24.3 Å². The third-order valence-electron chi connectivity index (χ3n) is 3.20. The lowest BCUT2D eigenvalue weighted by atomic mass is 10.0. The molecule has 2 N–H and O–H groups in total. The molecular formula is C13H18FN3O3S. The number of carbonyl (C=O) groups is 1. The van der Waals surface area contributed by atoms with Gasteiger partial charge in [0.2, 0.25) is 5.91 Å². The fourth-order valence-electron chi connectivity index (χ4n) is 2.18. The molecule has 1 amide bonds. The van der Waals surface area contributed by atoms with Gasteiger partial charge in [0.25, 0.3) is 10.2 Å². The maximum atomic E-state index is 13.0. The summed E-state index contributed by atoms with van der Waals surface area (Å²) >= 11 is 0. The molecule has 1 unspecified atom stereocenters. The minimum atomic E-state index is -3.76. The molecule has 0 spiro atoms. The Hall–Kier alpha value is -1.51. The van der Waals surface area contributed by atoms with Crippen LogP contribution in [0.3, 0.4) is 0 Å². The van der Waals surface area contributed by atoms with Gasteiger partial charge in [-0.05, 0) is 24.1 Å². The number of halogens is 1. The van der Waals surface area contributed by atoms with E-state index in [1.807, 2.05) is 6.92 Å². The first-order valence-electron chi connectivity index (χ1n) is 6.75. The first-order valence-corrected chi connectivity index (χ1v) is 8.19. The van der Waals surface area contributed by atoms with E-state index in [9.17, 15) is 17.6 Å². The number of hydrogen-bond donors (Lipinski definition) is 2. The van der Waals surface area contributed by atoms with Gasteiger partial charge in [0.15, 0.2) is 0 Å². The third kappa shape index (κ3) is 3.58. The van der Waals surface area contributed by atoms with E-state index < -0.39 is 28.0 Å². The second-order valence-electron chi connectivity index (χ2n) is 4.76. The van der Waals surface area contributed by atoms with Gasteiger partial charge >= 0.3 is 0 Å². The number of nitrogens with zero attached hydrogens (tertiary/aromatic N) is 1. The molecule has 0 aromatic heterocycles. The van der Waals surface area contributed by atoms with Crippen LogP contribution in [0, 0.1) is 5.82 Å². The van der Waals surface area contributed by atoms with Crippen LogP contribution in [0.25, 0.3) is 0 Å². The van der Waals surface area contributed by atoms with Crippen LogP contribution < -0.4 is 10.0 Å². The Kier molecular flexibility index (Phi) is 4.92. The van der Waals surface area contributed by atoms with Gasteiger partial charge < -0.3 is 5.32 Å². The summed E-state index contributed by atoms with van der Waals surface area (Å²) in [5.74, 6) is -0.844. The smallest absolute Gasteiger partial charge is 0.280 e. The lowest BCUT2D eigenvalue weighted by Gasteiger charge is -2.34. The summed E-state index contributed by atoms with van der Waals surface area (Å²) in [5, 5.41) is 2.64. The van der Waals surface area contributed by atoms with Crippen molar-refractivity contribution in [3.63, 3.8) is 0 Å². The Morgan fingerprint density at radius 3 is 2.67 bits per heavy atom. The highest BCUT2D eigenvalue weighted by Crippen LogP contribution is 2.25. The molecule has 2 rings (SSSR count). The fourth-order valence-corrected chi connectivity index (χ4v) is 3.64. The summed E-state index contributed by atoms with van der Waals surface area (Å²) in [5.41, 5.74) is 0.440. The maximum Gasteiger partial charge on any atom is 0.280 e. The largest absolute Gasteiger partial charge is 0.353 e. The standard InChI is InChI=1S/C13H18FN3O3S/c1-2-7-16-21(19,20)17-9-8-15-13(18)12(17)10-3-5-11(14)6-4-10/h3-6,12,16H,2,7-9H2,1H3,(H,15,18). The van der Waals surface area contributed by atoms with Crippen LogP contribution in [0.4, 0.5) is 4.39 Å². The van der Waals surface area contributed by atoms with Crippen LogP contribution >= 0.6 is 0 Å². The predicted molar refractivity (Wildman–Crippen MR) is 76.1 cm³/mol. The molecule has 0 aliphatic carbocycles. The first kappa shape index (κ1) is 15.9. The summed E-state index contributed by atoms with van der Waals surface area (Å²) in [6.45, 7) is 2.58. The zero-order chi connectivity index (χ0) is 15.5. The molecule has 0 bridgehead atoms. The van der Waals surface area contributed by atoms with E-state index in [0.29, 0.717) is 18.5 Å². The van der Waals surface area contributed by atoms with E-state index >= 15 is 0 Å². The van der Waals surface area contributed by atoms with Gasteiger partial charge in [-0.1, -0.05) is 19.1 Å². The van der Waals surface area contributed by atoms with Crippen LogP contribution in [0.1, 0.15) is 24.9 Å². The van der Waals surface area contributed by atoms with E-state index in [1.165, 1.54) is 24.3 Å². The quantitative estimate of drug-likeness (QED) is 0.832. The zero-order valence-electron chi connectivity index (χ0n) is 11.7. The molecule has 116 valence electrons. The summed E-state index contributed by atoms with van der Waals surface area (Å²) in [6, 6.07) is 4.29. The highest BCUT2D eigenvalue weighted by atomic mass is 32.2. The zero-order valence-corrected chi connectivity index (χ0v) is 12.5. The molecule has 6 nitrogen and oxygen atoms in total. The Balaban J connectivity index is 2.33. The highest BCUT2D eigenvalue weighted by molar-refractivity contribution is 7.87. The molecule has 1 aliphatic heterocycles. The molecule has 1 aromatic carbocycles. The van der Waals surface area contributed by atoms with Crippen molar-refractivity contribution in [2.75, 3.05) is 19.6 Å². The number of nitrogens with one attached hydrogen (secondary N) is 2. The lowest BCUT2D eigenvalue weighted by Crippen LogP contribution is -2.55. The number of hydrogen-bond acceptors (Lipinski definition) is 3. The van der Waals surface area contributed by atoms with Gasteiger partial charge in [0, 0.05) is 19.6 Å². The summed E-state index contributed by atoms with van der Waals surface area (Å²) < 4.78 is 41.2. The van der Waals surface area contributed by atoms with E-state index in [2.05, 4.69) is 10.0 Å². The van der Waals surface area contributed by atoms with Gasteiger partial charge in [-0.25, -0.2) is 9.11 Å². The summed E-state index contributed by atoms with van der Waals surface area (Å²) in [4.78, 5) is 12.1. The molecular weight excluding hydrogens is 297 g/mol. The SMILES string of the molecule is CCCNS(=O)(=O)N1CCNC(=O)C1c1ccc(F)cc1. The van der Waals surface area contributed by atoms with Crippen LogP contribution in [-0.4, -0.2) is 38.3 Å². The first-order chi connectivity index (χ1) is 9.95. The molecule has 8 heteroatoms. The molecule has 1 fully saturated rings. The molecule has 0 radical (unpaired) electrons. The molecule has 21 heavy (non-hydrogen) atoms. The molecule has 0 saturated carbocycles. The van der Waals surface area contributed by atoms with Crippen molar-refractivity contribution < 1.29 is 17.6 Å². The number of rotatable bonds is 5. The summed E-state index contributed by atoms with van der Waals surface area (Å²) in [6.07, 6.45) is 0.653. The molecule has 1 saturated heterocycles. The Morgan fingerprint density at radius 2 is 2.05 bits per heavy atom. The molecule has 1 aliphatic rings. The van der Waals surface area contributed by atoms with E-state index in [-0.39, 0.29) is 13.1 Å². The number of piperazine rings is 1. The molecule has 1 aromatic rings. The second kappa shape index (κ2) is 6.50.